The number of benzene rings is 1. The minimum atomic E-state index is 0. The van der Waals surface area contributed by atoms with Gasteiger partial charge in [0.2, 0.25) is 0 Å². The minimum absolute atomic E-state index is 0. The first kappa shape index (κ1) is 21.0. The molecule has 0 spiro atoms. The van der Waals surface area contributed by atoms with Crippen molar-refractivity contribution >= 4 is 29.9 Å². The minimum Gasteiger partial charge on any atom is -0.497 e. The molecule has 1 heterocycles. The molecule has 0 aliphatic heterocycles. The number of likely N-dealkylation sites (N-methyl/N-ethyl adjacent to an activating group) is 1. The van der Waals surface area contributed by atoms with Gasteiger partial charge in [-0.2, -0.15) is 5.10 Å². The van der Waals surface area contributed by atoms with Crippen LogP contribution in [-0.2, 0) is 13.6 Å². The number of methoxy groups -OCH3 is 1. The third kappa shape index (κ3) is 6.40. The molecule has 9 heteroatoms. The maximum Gasteiger partial charge on any atom is 0.193 e. The van der Waals surface area contributed by atoms with Crippen LogP contribution in [0.4, 0.5) is 0 Å². The number of hydrogen-bond acceptors (Lipinski definition) is 5. The van der Waals surface area contributed by atoms with E-state index in [4.69, 9.17) is 9.47 Å². The lowest BCUT2D eigenvalue weighted by molar-refractivity contribution is 0.281. The summed E-state index contributed by atoms with van der Waals surface area (Å²) in [6.45, 7) is 1.81. The van der Waals surface area contributed by atoms with Gasteiger partial charge < -0.3 is 19.7 Å². The molecule has 138 valence electrons. The number of guanidine groups is 1. The summed E-state index contributed by atoms with van der Waals surface area (Å²) in [7, 11) is 7.22. The number of hydrogen-bond donors (Lipinski definition) is 1. The normalized spacial score (nSPS) is 10.8. The van der Waals surface area contributed by atoms with Crippen molar-refractivity contribution in [1.29, 1.82) is 0 Å². The van der Waals surface area contributed by atoms with Gasteiger partial charge in [-0.25, -0.2) is 4.98 Å². The van der Waals surface area contributed by atoms with Crippen molar-refractivity contribution in [3.05, 3.63) is 36.4 Å². The second-order valence-corrected chi connectivity index (χ2v) is 5.15. The Morgan fingerprint density at radius 2 is 1.96 bits per heavy atom. The molecular formula is C16H25IN6O2. The van der Waals surface area contributed by atoms with E-state index >= 15 is 0 Å². The van der Waals surface area contributed by atoms with Gasteiger partial charge >= 0.3 is 0 Å². The Morgan fingerprint density at radius 3 is 2.52 bits per heavy atom. The summed E-state index contributed by atoms with van der Waals surface area (Å²) < 4.78 is 12.6. The molecular weight excluding hydrogens is 435 g/mol. The molecule has 0 saturated carbocycles. The van der Waals surface area contributed by atoms with Gasteiger partial charge in [0.1, 0.15) is 30.3 Å². The number of aryl methyl sites for hydroxylation is 1. The third-order valence-electron chi connectivity index (χ3n) is 3.54. The second-order valence-electron chi connectivity index (χ2n) is 5.15. The Hall–Kier alpha value is -2.04. The Kier molecular flexibility index (Phi) is 9.03. The van der Waals surface area contributed by atoms with E-state index in [1.54, 1.807) is 18.8 Å². The Bertz CT molecular complexity index is 659. The fraction of sp³-hybridized carbons (Fsp3) is 0.438. The largest absolute Gasteiger partial charge is 0.497 e. The molecule has 1 N–H and O–H groups in total. The average Bonchev–Trinajstić information content (AvgIpc) is 3.01. The molecule has 0 fully saturated rings. The van der Waals surface area contributed by atoms with Gasteiger partial charge in [0.25, 0.3) is 0 Å². The van der Waals surface area contributed by atoms with Gasteiger partial charge in [-0.1, -0.05) is 0 Å². The highest BCUT2D eigenvalue weighted by Gasteiger charge is 2.08. The zero-order chi connectivity index (χ0) is 17.4. The van der Waals surface area contributed by atoms with Gasteiger partial charge in [0, 0.05) is 21.1 Å². The van der Waals surface area contributed by atoms with Gasteiger partial charge in [-0.3, -0.25) is 9.67 Å². The van der Waals surface area contributed by atoms with Crippen LogP contribution < -0.4 is 14.8 Å². The van der Waals surface area contributed by atoms with Gasteiger partial charge in [0.05, 0.1) is 20.2 Å². The van der Waals surface area contributed by atoms with Gasteiger partial charge in [-0.05, 0) is 24.3 Å². The molecule has 8 nitrogen and oxygen atoms in total. The van der Waals surface area contributed by atoms with Gasteiger partial charge in [-0.15, -0.1) is 24.0 Å². The highest BCUT2D eigenvalue weighted by molar-refractivity contribution is 14.0. The molecule has 0 radical (unpaired) electrons. The van der Waals surface area contributed by atoms with Crippen LogP contribution in [0.5, 0.6) is 11.5 Å². The zero-order valence-corrected chi connectivity index (χ0v) is 17.3. The number of halogens is 1. The molecule has 0 unspecified atom stereocenters. The van der Waals surface area contributed by atoms with E-state index in [0.717, 1.165) is 23.3 Å². The molecule has 0 aliphatic rings. The van der Waals surface area contributed by atoms with Crippen molar-refractivity contribution in [1.82, 2.24) is 25.0 Å². The van der Waals surface area contributed by atoms with E-state index in [9.17, 15) is 0 Å². The van der Waals surface area contributed by atoms with Crippen LogP contribution in [0.15, 0.2) is 35.6 Å². The zero-order valence-electron chi connectivity index (χ0n) is 15.0. The van der Waals surface area contributed by atoms with Crippen LogP contribution in [0.2, 0.25) is 0 Å². The lowest BCUT2D eigenvalue weighted by atomic mass is 10.3. The first-order valence-electron chi connectivity index (χ1n) is 7.65. The maximum absolute atomic E-state index is 5.73. The first-order chi connectivity index (χ1) is 11.6. The summed E-state index contributed by atoms with van der Waals surface area (Å²) in [6, 6.07) is 7.53. The van der Waals surface area contributed by atoms with E-state index in [0.29, 0.717) is 19.7 Å². The molecule has 0 atom stereocenters. The summed E-state index contributed by atoms with van der Waals surface area (Å²) in [5.74, 6) is 3.24. The monoisotopic (exact) mass is 460 g/mol. The molecule has 1 aromatic carbocycles. The van der Waals surface area contributed by atoms with Crippen molar-refractivity contribution in [2.75, 3.05) is 34.4 Å². The van der Waals surface area contributed by atoms with E-state index < -0.39 is 0 Å². The molecule has 0 saturated heterocycles. The Morgan fingerprint density at radius 1 is 1.28 bits per heavy atom. The number of rotatable bonds is 7. The number of nitrogens with zero attached hydrogens (tertiary/aromatic N) is 5. The molecule has 2 aromatic rings. The summed E-state index contributed by atoms with van der Waals surface area (Å²) >= 11 is 0. The molecule has 25 heavy (non-hydrogen) atoms. The van der Waals surface area contributed by atoms with Crippen LogP contribution >= 0.6 is 24.0 Å². The predicted octanol–water partition coefficient (Wildman–Crippen LogP) is 1.53. The third-order valence-corrected chi connectivity index (χ3v) is 3.54. The standard InChI is InChI=1S/C16H24N6O2.HI/c1-17-16(18-11-15-19-12-20-22(15)3)21(2)9-10-24-14-7-5-13(23-4)6-8-14;/h5-8,12H,9-11H2,1-4H3,(H,17,18);1H. The quantitative estimate of drug-likeness (QED) is 0.384. The predicted molar refractivity (Wildman–Crippen MR) is 108 cm³/mol. The van der Waals surface area contributed by atoms with Crippen LogP contribution in [0.25, 0.3) is 0 Å². The summed E-state index contributed by atoms with van der Waals surface area (Å²) in [5.41, 5.74) is 0. The second kappa shape index (κ2) is 10.7. The number of aromatic nitrogens is 3. The first-order valence-corrected chi connectivity index (χ1v) is 7.65. The van der Waals surface area contributed by atoms with Crippen LogP contribution in [0.3, 0.4) is 0 Å². The molecule has 0 aliphatic carbocycles. The Balaban J connectivity index is 0.00000312. The summed E-state index contributed by atoms with van der Waals surface area (Å²) in [6.07, 6.45) is 1.53. The van der Waals surface area contributed by atoms with Crippen molar-refractivity contribution < 1.29 is 9.47 Å². The van der Waals surface area contributed by atoms with E-state index in [-0.39, 0.29) is 24.0 Å². The smallest absolute Gasteiger partial charge is 0.193 e. The number of nitrogens with one attached hydrogen (secondary N) is 1. The summed E-state index contributed by atoms with van der Waals surface area (Å²) in [5, 5.41) is 7.30. The fourth-order valence-corrected chi connectivity index (χ4v) is 2.10. The highest BCUT2D eigenvalue weighted by atomic mass is 127. The number of aliphatic imine (C=N–C) groups is 1. The topological polar surface area (TPSA) is 76.8 Å². The van der Waals surface area contributed by atoms with E-state index in [1.807, 2.05) is 43.3 Å². The van der Waals surface area contributed by atoms with Crippen LogP contribution in [-0.4, -0.2) is 60.0 Å². The van der Waals surface area contributed by atoms with E-state index in [2.05, 4.69) is 20.4 Å². The van der Waals surface area contributed by atoms with Gasteiger partial charge in [0.15, 0.2) is 5.96 Å². The average molecular weight is 460 g/mol. The van der Waals surface area contributed by atoms with Crippen molar-refractivity contribution in [2.24, 2.45) is 12.0 Å². The van der Waals surface area contributed by atoms with E-state index in [1.165, 1.54) is 6.33 Å². The molecule has 1 aromatic heterocycles. The fourth-order valence-electron chi connectivity index (χ4n) is 2.10. The lowest BCUT2D eigenvalue weighted by Gasteiger charge is -2.22. The molecule has 0 amide bonds. The van der Waals surface area contributed by atoms with Crippen molar-refractivity contribution in [3.8, 4) is 11.5 Å². The molecule has 2 rings (SSSR count). The number of ether oxygens (including phenoxy) is 2. The lowest BCUT2D eigenvalue weighted by Crippen LogP contribution is -2.40. The Labute approximate surface area is 165 Å². The van der Waals surface area contributed by atoms with Crippen LogP contribution in [0, 0.1) is 0 Å². The van der Waals surface area contributed by atoms with Crippen molar-refractivity contribution in [2.45, 2.75) is 6.54 Å². The molecule has 0 bridgehead atoms. The maximum atomic E-state index is 5.73. The summed E-state index contributed by atoms with van der Waals surface area (Å²) in [4.78, 5) is 10.4. The van der Waals surface area contributed by atoms with Crippen LogP contribution in [0.1, 0.15) is 5.82 Å². The SMILES string of the molecule is CN=C(NCc1ncnn1C)N(C)CCOc1ccc(OC)cc1.I. The van der Waals surface area contributed by atoms with Crippen molar-refractivity contribution in [3.63, 3.8) is 0 Å². The highest BCUT2D eigenvalue weighted by Crippen LogP contribution is 2.16.